The van der Waals surface area contributed by atoms with E-state index in [0.717, 1.165) is 23.8 Å². The van der Waals surface area contributed by atoms with Crippen molar-refractivity contribution in [1.82, 2.24) is 19.6 Å². The molecule has 0 spiro atoms. The molecule has 1 aliphatic heterocycles. The summed E-state index contributed by atoms with van der Waals surface area (Å²) in [6.45, 7) is 11.1. The molecule has 1 aliphatic rings. The Hall–Kier alpha value is -2.63. The zero-order valence-electron chi connectivity index (χ0n) is 19.3. The lowest BCUT2D eigenvalue weighted by atomic mass is 9.96. The van der Waals surface area contributed by atoms with Crippen LogP contribution < -0.4 is 0 Å². The number of benzene rings is 2. The summed E-state index contributed by atoms with van der Waals surface area (Å²) in [5, 5.41) is 5.31. The van der Waals surface area contributed by atoms with Gasteiger partial charge in [-0.3, -0.25) is 14.4 Å². The van der Waals surface area contributed by atoms with Gasteiger partial charge in [-0.2, -0.15) is 5.10 Å². The maximum absolute atomic E-state index is 13.4. The second-order valence-corrected chi connectivity index (χ2v) is 9.88. The molecule has 1 aromatic heterocycles. The van der Waals surface area contributed by atoms with Crippen LogP contribution in [0.25, 0.3) is 0 Å². The quantitative estimate of drug-likeness (QED) is 0.552. The highest BCUT2D eigenvalue weighted by atomic mass is 35.5. The van der Waals surface area contributed by atoms with E-state index in [1.807, 2.05) is 40.8 Å². The normalized spacial score (nSPS) is 16.2. The molecule has 1 amide bonds. The van der Waals surface area contributed by atoms with Gasteiger partial charge in [-0.25, -0.2) is 0 Å². The number of hydrogen-bond acceptors (Lipinski definition) is 3. The van der Waals surface area contributed by atoms with Crippen molar-refractivity contribution in [3.05, 3.63) is 88.2 Å². The standard InChI is InChI=1S/C26H31ClN4O/c1-19-18-23(31(28-19)26(2,3)4)25(32)30-16-14-29(15-17-30)24(20-8-6-5-7-9-20)21-10-12-22(27)13-11-21/h5-13,18,24H,14-17H2,1-4H3/t24-/m0/s1. The van der Waals surface area contributed by atoms with Crippen LogP contribution in [0.4, 0.5) is 0 Å². The Balaban J connectivity index is 1.54. The van der Waals surface area contributed by atoms with Crippen molar-refractivity contribution < 1.29 is 4.79 Å². The number of nitrogens with zero attached hydrogens (tertiary/aromatic N) is 4. The van der Waals surface area contributed by atoms with Gasteiger partial charge in [0, 0.05) is 31.2 Å². The molecule has 6 heteroatoms. The van der Waals surface area contributed by atoms with E-state index in [4.69, 9.17) is 11.6 Å². The van der Waals surface area contributed by atoms with E-state index in [9.17, 15) is 4.79 Å². The van der Waals surface area contributed by atoms with Crippen LogP contribution in [0.1, 0.15) is 54.1 Å². The van der Waals surface area contributed by atoms with E-state index >= 15 is 0 Å². The molecule has 0 radical (unpaired) electrons. The van der Waals surface area contributed by atoms with E-state index in [2.05, 4.69) is 67.2 Å². The van der Waals surface area contributed by atoms with Crippen molar-refractivity contribution >= 4 is 17.5 Å². The topological polar surface area (TPSA) is 41.4 Å². The summed E-state index contributed by atoms with van der Waals surface area (Å²) >= 11 is 6.14. The molecule has 2 heterocycles. The average molecular weight is 451 g/mol. The minimum atomic E-state index is -0.242. The summed E-state index contributed by atoms with van der Waals surface area (Å²) in [6, 6.07) is 20.7. The van der Waals surface area contributed by atoms with Crippen molar-refractivity contribution in [2.45, 2.75) is 39.3 Å². The maximum Gasteiger partial charge on any atom is 0.272 e. The summed E-state index contributed by atoms with van der Waals surface area (Å²) < 4.78 is 1.86. The minimum absolute atomic E-state index is 0.0583. The van der Waals surface area contributed by atoms with Crippen LogP contribution in [0.2, 0.25) is 5.02 Å². The molecule has 1 saturated heterocycles. The highest BCUT2D eigenvalue weighted by molar-refractivity contribution is 6.30. The third kappa shape index (κ3) is 4.74. The number of halogens is 1. The Morgan fingerprint density at radius 1 is 0.938 bits per heavy atom. The predicted molar refractivity (Wildman–Crippen MR) is 129 cm³/mol. The molecule has 2 aromatic carbocycles. The molecule has 0 unspecified atom stereocenters. The van der Waals surface area contributed by atoms with Crippen LogP contribution in [0.5, 0.6) is 0 Å². The molecular formula is C26H31ClN4O. The van der Waals surface area contributed by atoms with Gasteiger partial charge >= 0.3 is 0 Å². The first-order valence-electron chi connectivity index (χ1n) is 11.1. The number of amides is 1. The first-order valence-corrected chi connectivity index (χ1v) is 11.5. The van der Waals surface area contributed by atoms with E-state index in [1.54, 1.807) is 0 Å². The number of piperazine rings is 1. The second kappa shape index (κ2) is 9.08. The fraction of sp³-hybridized carbons (Fsp3) is 0.385. The third-order valence-corrected chi connectivity index (χ3v) is 6.21. The maximum atomic E-state index is 13.4. The number of carbonyl (C=O) groups is 1. The molecule has 5 nitrogen and oxygen atoms in total. The van der Waals surface area contributed by atoms with E-state index in [0.29, 0.717) is 18.8 Å². The van der Waals surface area contributed by atoms with Gasteiger partial charge in [0.05, 0.1) is 17.3 Å². The Morgan fingerprint density at radius 3 is 2.12 bits per heavy atom. The SMILES string of the molecule is Cc1cc(C(=O)N2CCN([C@@H](c3ccccc3)c3ccc(Cl)cc3)CC2)n(C(C)(C)C)n1. The zero-order chi connectivity index (χ0) is 22.9. The molecular weight excluding hydrogens is 420 g/mol. The molecule has 0 aliphatic carbocycles. The fourth-order valence-corrected chi connectivity index (χ4v) is 4.53. The number of hydrogen-bond donors (Lipinski definition) is 0. The van der Waals surface area contributed by atoms with E-state index in [-0.39, 0.29) is 17.5 Å². The first-order chi connectivity index (χ1) is 15.2. The van der Waals surface area contributed by atoms with Gasteiger partial charge in [-0.05, 0) is 57.0 Å². The van der Waals surface area contributed by atoms with Crippen molar-refractivity contribution in [2.75, 3.05) is 26.2 Å². The molecule has 1 atom stereocenters. The van der Waals surface area contributed by atoms with Gasteiger partial charge < -0.3 is 4.90 Å². The Morgan fingerprint density at radius 2 is 1.53 bits per heavy atom. The monoisotopic (exact) mass is 450 g/mol. The van der Waals surface area contributed by atoms with Crippen LogP contribution in [0, 0.1) is 6.92 Å². The van der Waals surface area contributed by atoms with Crippen LogP contribution in [0.15, 0.2) is 60.7 Å². The minimum Gasteiger partial charge on any atom is -0.335 e. The Labute approximate surface area is 195 Å². The number of rotatable bonds is 4. The van der Waals surface area contributed by atoms with E-state index < -0.39 is 0 Å². The first kappa shape index (κ1) is 22.6. The van der Waals surface area contributed by atoms with Gasteiger partial charge in [-0.1, -0.05) is 54.1 Å². The average Bonchev–Trinajstić information content (AvgIpc) is 3.18. The predicted octanol–water partition coefficient (Wildman–Crippen LogP) is 5.15. The molecule has 3 aromatic rings. The number of carbonyl (C=O) groups excluding carboxylic acids is 1. The number of aryl methyl sites for hydroxylation is 1. The van der Waals surface area contributed by atoms with Crippen LogP contribution in [0.3, 0.4) is 0 Å². The summed E-state index contributed by atoms with van der Waals surface area (Å²) in [4.78, 5) is 17.8. The van der Waals surface area contributed by atoms with Crippen molar-refractivity contribution in [3.63, 3.8) is 0 Å². The molecule has 0 saturated carbocycles. The lowest BCUT2D eigenvalue weighted by Gasteiger charge is -2.40. The second-order valence-electron chi connectivity index (χ2n) is 9.45. The summed E-state index contributed by atoms with van der Waals surface area (Å²) in [6.07, 6.45) is 0. The van der Waals surface area contributed by atoms with Gasteiger partial charge in [0.1, 0.15) is 5.69 Å². The summed E-state index contributed by atoms with van der Waals surface area (Å²) in [5.74, 6) is 0.0583. The summed E-state index contributed by atoms with van der Waals surface area (Å²) in [5.41, 5.74) is 3.75. The zero-order valence-corrected chi connectivity index (χ0v) is 20.0. The molecule has 0 N–H and O–H groups in total. The number of aromatic nitrogens is 2. The lowest BCUT2D eigenvalue weighted by Crippen LogP contribution is -2.50. The van der Waals surface area contributed by atoms with Crippen LogP contribution >= 0.6 is 11.6 Å². The molecule has 1 fully saturated rings. The van der Waals surface area contributed by atoms with E-state index in [1.165, 1.54) is 11.1 Å². The molecule has 32 heavy (non-hydrogen) atoms. The smallest absolute Gasteiger partial charge is 0.272 e. The highest BCUT2D eigenvalue weighted by Crippen LogP contribution is 2.31. The molecule has 0 bridgehead atoms. The van der Waals surface area contributed by atoms with Crippen molar-refractivity contribution in [3.8, 4) is 0 Å². The largest absolute Gasteiger partial charge is 0.335 e. The lowest BCUT2D eigenvalue weighted by molar-refractivity contribution is 0.0578. The third-order valence-electron chi connectivity index (χ3n) is 5.95. The molecule has 168 valence electrons. The highest BCUT2D eigenvalue weighted by Gasteiger charge is 2.31. The summed E-state index contributed by atoms with van der Waals surface area (Å²) in [7, 11) is 0. The Kier molecular flexibility index (Phi) is 6.40. The van der Waals surface area contributed by atoms with Crippen molar-refractivity contribution in [2.24, 2.45) is 0 Å². The fourth-order valence-electron chi connectivity index (χ4n) is 4.40. The Bertz CT molecular complexity index is 1060. The van der Waals surface area contributed by atoms with Crippen LogP contribution in [-0.2, 0) is 5.54 Å². The van der Waals surface area contributed by atoms with Gasteiger partial charge in [0.2, 0.25) is 0 Å². The molecule has 4 rings (SSSR count). The van der Waals surface area contributed by atoms with Crippen molar-refractivity contribution in [1.29, 1.82) is 0 Å². The van der Waals surface area contributed by atoms with Crippen LogP contribution in [-0.4, -0.2) is 51.7 Å². The van der Waals surface area contributed by atoms with Gasteiger partial charge in [-0.15, -0.1) is 0 Å². The van der Waals surface area contributed by atoms with Gasteiger partial charge in [0.25, 0.3) is 5.91 Å². The van der Waals surface area contributed by atoms with Gasteiger partial charge in [0.15, 0.2) is 0 Å².